The molecule has 0 aliphatic heterocycles. The molecule has 0 aliphatic carbocycles. The van der Waals surface area contributed by atoms with E-state index in [4.69, 9.17) is 0 Å². The van der Waals surface area contributed by atoms with Crippen LogP contribution in [0.15, 0.2) is 61.9 Å². The third-order valence-electron chi connectivity index (χ3n) is 11.3. The second-order valence-corrected chi connectivity index (χ2v) is 18.4. The molecule has 4 nitrogen and oxygen atoms in total. The summed E-state index contributed by atoms with van der Waals surface area (Å²) in [7, 11) is 0. The molecule has 0 atom stereocenters. The molecule has 0 radical (unpaired) electrons. The number of hydrogen-bond donors (Lipinski definition) is 0. The van der Waals surface area contributed by atoms with E-state index in [1.807, 2.05) is 0 Å². The summed E-state index contributed by atoms with van der Waals surface area (Å²) in [6.45, 7) is 29.4. The molecule has 0 fully saturated rings. The number of nitrogens with zero attached hydrogens (tertiary/aromatic N) is 4. The molecule has 282 valence electrons. The van der Waals surface area contributed by atoms with E-state index in [1.54, 1.807) is 0 Å². The minimum Gasteiger partial charge on any atom is -0.196 e. The van der Waals surface area contributed by atoms with Crippen molar-refractivity contribution in [2.24, 2.45) is 0 Å². The van der Waals surface area contributed by atoms with Gasteiger partial charge < -0.3 is 0 Å². The lowest BCUT2D eigenvalue weighted by Crippen LogP contribution is -2.39. The predicted octanol–water partition coefficient (Wildman–Crippen LogP) is 12.7. The van der Waals surface area contributed by atoms with Crippen molar-refractivity contribution in [3.8, 4) is 22.7 Å². The van der Waals surface area contributed by atoms with Crippen LogP contribution in [0.25, 0.3) is 22.7 Å². The number of aromatic nitrogens is 4. The van der Waals surface area contributed by atoms with Gasteiger partial charge in [-0.25, -0.2) is 0 Å². The molecule has 0 N–H and O–H groups in total. The monoisotopic (exact) mass is 912 g/mol. The highest BCUT2D eigenvalue weighted by molar-refractivity contribution is 9.11. The van der Waals surface area contributed by atoms with Crippen LogP contribution in [0.3, 0.4) is 0 Å². The van der Waals surface area contributed by atoms with Crippen molar-refractivity contribution in [3.05, 3.63) is 146 Å². The van der Waals surface area contributed by atoms with Gasteiger partial charge in [0.25, 0.3) is 11.6 Å². The van der Waals surface area contributed by atoms with Gasteiger partial charge in [0, 0.05) is 54.0 Å². The Bertz CT molecular complexity index is 2200. The average Bonchev–Trinajstić information content (AvgIpc) is 3.41. The maximum Gasteiger partial charge on any atom is 0.264 e. The molecule has 6 rings (SSSR count). The van der Waals surface area contributed by atoms with E-state index >= 15 is 0 Å². The Morgan fingerprint density at radius 3 is 1.00 bits per heavy atom. The Hall–Kier alpha value is -3.26. The normalized spacial score (nSPS) is 11.6. The predicted molar refractivity (Wildman–Crippen MR) is 236 cm³/mol. The molecule has 0 unspecified atom stereocenters. The number of halogens is 3. The lowest BCUT2D eigenvalue weighted by atomic mass is 10.0. The van der Waals surface area contributed by atoms with Crippen LogP contribution in [0.4, 0.5) is 0 Å². The number of imidazole rings is 2. The Balaban J connectivity index is 1.45. The molecule has 0 spiro atoms. The third kappa shape index (κ3) is 7.25. The van der Waals surface area contributed by atoms with E-state index in [1.165, 1.54) is 107 Å². The second kappa shape index (κ2) is 15.7. The van der Waals surface area contributed by atoms with Crippen LogP contribution in [0.2, 0.25) is 0 Å². The van der Waals surface area contributed by atoms with E-state index in [0.29, 0.717) is 0 Å². The summed E-state index contributed by atoms with van der Waals surface area (Å²) in [5.74, 6) is 2.48. The van der Waals surface area contributed by atoms with Crippen LogP contribution in [0.1, 0.15) is 97.3 Å². The lowest BCUT2D eigenvalue weighted by molar-refractivity contribution is -0.612. The standard InChI is InChI=1S/C47H55Br3N4/c1-26-18-27(2)44(28(3)19-26)51-35(10)42(53(37(51)12)46-31(6)22-40(49)23-32(46)7)16-14-15-17-43-36(11)52(45-29(4)20-39(48)21-30(45)5)38(13)54(43)47-33(8)24-41(50)25-34(47)9/h18-25H,14-17H2,1-13H3/q+2. The first kappa shape index (κ1) is 40.4. The number of rotatable bonds is 9. The van der Waals surface area contributed by atoms with Crippen LogP contribution in [0.5, 0.6) is 0 Å². The first-order valence-corrected chi connectivity index (χ1v) is 21.5. The van der Waals surface area contributed by atoms with Crippen molar-refractivity contribution in [1.29, 1.82) is 0 Å². The third-order valence-corrected chi connectivity index (χ3v) is 12.7. The van der Waals surface area contributed by atoms with Gasteiger partial charge in [0.1, 0.15) is 34.1 Å². The number of hydrogen-bond acceptors (Lipinski definition) is 0. The number of benzene rings is 4. The number of aryl methyl sites for hydroxylation is 9. The zero-order valence-electron chi connectivity index (χ0n) is 34.4. The molecule has 0 amide bonds. The maximum atomic E-state index is 3.76. The molecule has 0 bridgehead atoms. The largest absolute Gasteiger partial charge is 0.264 e. The Morgan fingerprint density at radius 2 is 0.685 bits per heavy atom. The smallest absolute Gasteiger partial charge is 0.196 e. The molecule has 0 aliphatic rings. The van der Waals surface area contributed by atoms with Crippen LogP contribution < -0.4 is 9.13 Å². The SMILES string of the molecule is Cc1cc(C)c(-n2c(C)c(CCCCc3c(C)n(-c4c(C)cc(Br)cc4C)c(C)[n+]3-c3c(C)cc(Br)cc3C)[n+](-c3c(C)cc(Br)cc3C)c2C)c(C)c1. The highest BCUT2D eigenvalue weighted by Gasteiger charge is 2.33. The average molecular weight is 916 g/mol. The van der Waals surface area contributed by atoms with E-state index in [0.717, 1.165) is 39.1 Å². The summed E-state index contributed by atoms with van der Waals surface area (Å²) in [5, 5.41) is 0. The highest BCUT2D eigenvalue weighted by atomic mass is 79.9. The Morgan fingerprint density at radius 1 is 0.407 bits per heavy atom. The molecule has 0 saturated heterocycles. The zero-order valence-corrected chi connectivity index (χ0v) is 39.1. The lowest BCUT2D eigenvalue weighted by Gasteiger charge is -2.12. The Labute approximate surface area is 348 Å². The van der Waals surface area contributed by atoms with Gasteiger partial charge in [-0.1, -0.05) is 65.5 Å². The van der Waals surface area contributed by atoms with E-state index in [-0.39, 0.29) is 0 Å². The highest BCUT2D eigenvalue weighted by Crippen LogP contribution is 2.32. The summed E-state index contributed by atoms with van der Waals surface area (Å²) < 4.78 is 13.5. The van der Waals surface area contributed by atoms with Gasteiger partial charge in [0.15, 0.2) is 11.4 Å². The van der Waals surface area contributed by atoms with Crippen molar-refractivity contribution in [1.82, 2.24) is 9.13 Å². The minimum absolute atomic E-state index is 0.981. The van der Waals surface area contributed by atoms with Gasteiger partial charge in [0.2, 0.25) is 0 Å². The molecule has 0 saturated carbocycles. The van der Waals surface area contributed by atoms with E-state index < -0.39 is 0 Å². The van der Waals surface area contributed by atoms with Crippen molar-refractivity contribution in [3.63, 3.8) is 0 Å². The fourth-order valence-electron chi connectivity index (χ4n) is 9.37. The quantitative estimate of drug-likeness (QED) is 0.102. The molecule has 54 heavy (non-hydrogen) atoms. The van der Waals surface area contributed by atoms with Crippen LogP contribution in [0, 0.1) is 90.0 Å². The molecule has 7 heteroatoms. The molecular weight excluding hydrogens is 860 g/mol. The van der Waals surface area contributed by atoms with Gasteiger partial charge in [-0.3, -0.25) is 0 Å². The van der Waals surface area contributed by atoms with Gasteiger partial charge >= 0.3 is 0 Å². The molecule has 2 heterocycles. The first-order valence-electron chi connectivity index (χ1n) is 19.1. The molecular formula is C47H55Br3N4+2. The molecule has 2 aromatic heterocycles. The van der Waals surface area contributed by atoms with Crippen molar-refractivity contribution in [2.75, 3.05) is 0 Å². The first-order chi connectivity index (χ1) is 25.4. The number of unbranched alkanes of at least 4 members (excludes halogenated alkanes) is 1. The van der Waals surface area contributed by atoms with Crippen molar-refractivity contribution < 1.29 is 9.13 Å². The molecule has 6 aromatic rings. The summed E-state index contributed by atoms with van der Waals surface area (Å²) in [5.41, 5.74) is 22.1. The van der Waals surface area contributed by atoms with Gasteiger partial charge in [-0.2, -0.15) is 18.3 Å². The summed E-state index contributed by atoms with van der Waals surface area (Å²) in [6, 6.07) is 18.1. The second-order valence-electron chi connectivity index (χ2n) is 15.6. The van der Waals surface area contributed by atoms with Gasteiger partial charge in [0.05, 0.1) is 0 Å². The van der Waals surface area contributed by atoms with Crippen LogP contribution >= 0.6 is 47.8 Å². The topological polar surface area (TPSA) is 17.6 Å². The Kier molecular flexibility index (Phi) is 11.8. The summed E-state index contributed by atoms with van der Waals surface area (Å²) in [6.07, 6.45) is 4.11. The van der Waals surface area contributed by atoms with E-state index in [2.05, 4.69) is 205 Å². The van der Waals surface area contributed by atoms with Gasteiger partial charge in [-0.15, -0.1) is 0 Å². The van der Waals surface area contributed by atoms with Crippen LogP contribution in [-0.4, -0.2) is 9.13 Å². The van der Waals surface area contributed by atoms with Crippen molar-refractivity contribution >= 4 is 47.8 Å². The van der Waals surface area contributed by atoms with E-state index in [9.17, 15) is 0 Å². The van der Waals surface area contributed by atoms with Gasteiger partial charge in [-0.05, 0) is 156 Å². The minimum atomic E-state index is 0.981. The molecule has 4 aromatic carbocycles. The zero-order chi connectivity index (χ0) is 39.5. The maximum absolute atomic E-state index is 3.76. The summed E-state index contributed by atoms with van der Waals surface area (Å²) in [4.78, 5) is 0. The fraction of sp³-hybridized carbons (Fsp3) is 0.362. The fourth-order valence-corrected chi connectivity index (χ4v) is 11.4. The summed E-state index contributed by atoms with van der Waals surface area (Å²) >= 11 is 11.3. The van der Waals surface area contributed by atoms with Crippen molar-refractivity contribution in [2.45, 2.75) is 116 Å². The van der Waals surface area contributed by atoms with Crippen LogP contribution in [-0.2, 0) is 12.8 Å².